The van der Waals surface area contributed by atoms with E-state index in [0.717, 1.165) is 0 Å². The minimum absolute atomic E-state index is 0.00993. The fraction of sp³-hybridized carbons (Fsp3) is 0.367. The van der Waals surface area contributed by atoms with Gasteiger partial charge in [0.05, 0.1) is 30.3 Å². The quantitative estimate of drug-likeness (QED) is 0.275. The van der Waals surface area contributed by atoms with Crippen molar-refractivity contribution < 1.29 is 49.4 Å². The van der Waals surface area contributed by atoms with Crippen molar-refractivity contribution in [1.29, 1.82) is 0 Å². The highest BCUT2D eigenvalue weighted by Gasteiger charge is 2.51. The number of benzene rings is 3. The molecule has 0 bridgehead atoms. The molecule has 0 N–H and O–H groups in total. The number of amides is 1. The van der Waals surface area contributed by atoms with Crippen LogP contribution in [0.15, 0.2) is 48.5 Å². The van der Waals surface area contributed by atoms with Crippen molar-refractivity contribution in [2.24, 2.45) is 0 Å². The number of hydrogen-bond acceptors (Lipinski definition) is 3. The van der Waals surface area contributed by atoms with Gasteiger partial charge in [0.15, 0.2) is 0 Å². The predicted molar refractivity (Wildman–Crippen MR) is 136 cm³/mol. The maximum Gasteiger partial charge on any atom is 0.416 e. The van der Waals surface area contributed by atoms with E-state index >= 15 is 0 Å². The summed E-state index contributed by atoms with van der Waals surface area (Å²) in [6.07, 6.45) is -12.1. The first-order chi connectivity index (χ1) is 19.6. The molecule has 2 fully saturated rings. The van der Waals surface area contributed by atoms with E-state index in [0.29, 0.717) is 34.4 Å². The number of halogens is 8. The third kappa shape index (κ3) is 5.27. The Balaban J connectivity index is 1.58. The zero-order valence-electron chi connectivity index (χ0n) is 22.5. The fourth-order valence-corrected chi connectivity index (χ4v) is 5.83. The van der Waals surface area contributed by atoms with Crippen LogP contribution < -0.4 is 4.74 Å². The van der Waals surface area contributed by atoms with E-state index in [4.69, 9.17) is 9.47 Å². The molecule has 4 nitrogen and oxygen atoms in total. The van der Waals surface area contributed by atoms with E-state index < -0.39 is 65.0 Å². The van der Waals surface area contributed by atoms with Crippen LogP contribution in [0.2, 0.25) is 0 Å². The Hall–Kier alpha value is -3.83. The van der Waals surface area contributed by atoms with Gasteiger partial charge in [-0.2, -0.15) is 26.3 Å². The Morgan fingerprint density at radius 1 is 0.881 bits per heavy atom. The SMILES string of the molecule is COc1cc(F)c(C(C)C)cc1-c1ccc(F)cc1[C@@H]1CC[C@H]2[C@@H](c3cc(C(F)(F)F)cc(C(F)(F)F)c3)OC(=O)N12. The molecule has 5 rings (SSSR count). The standard InChI is InChI=1S/C30H25F8NO3/c1-14(2)20-12-22(26(41-3)13-23(20)32)19-5-4-18(31)11-21(19)24-6-7-25-27(42-28(40)39(24)25)15-8-16(29(33,34)35)10-17(9-15)30(36,37)38/h4-5,8-14,24-25,27H,6-7H2,1-3H3/t24-,25-,27+/m0/s1. The number of nitrogens with zero attached hydrogens (tertiary/aromatic N) is 1. The predicted octanol–water partition coefficient (Wildman–Crippen LogP) is 9.20. The van der Waals surface area contributed by atoms with Gasteiger partial charge in [-0.25, -0.2) is 13.6 Å². The van der Waals surface area contributed by atoms with Crippen molar-refractivity contribution in [2.75, 3.05) is 7.11 Å². The lowest BCUT2D eigenvalue weighted by Crippen LogP contribution is -2.31. The molecule has 0 unspecified atom stereocenters. The molecule has 2 aliphatic heterocycles. The van der Waals surface area contributed by atoms with Crippen molar-refractivity contribution in [2.45, 2.75) is 63.1 Å². The Bertz CT molecular complexity index is 1500. The number of rotatable bonds is 5. The molecule has 224 valence electrons. The van der Waals surface area contributed by atoms with E-state index in [2.05, 4.69) is 0 Å². The average Bonchev–Trinajstić information content (AvgIpc) is 3.48. The largest absolute Gasteiger partial charge is 0.496 e. The molecule has 0 spiro atoms. The zero-order valence-corrected chi connectivity index (χ0v) is 22.5. The maximum atomic E-state index is 14.7. The minimum atomic E-state index is -5.07. The molecule has 12 heteroatoms. The molecule has 2 aliphatic rings. The highest BCUT2D eigenvalue weighted by atomic mass is 19.4. The lowest BCUT2D eigenvalue weighted by molar-refractivity contribution is -0.143. The van der Waals surface area contributed by atoms with Crippen molar-refractivity contribution >= 4 is 6.09 Å². The van der Waals surface area contributed by atoms with Gasteiger partial charge in [0, 0.05) is 11.6 Å². The second kappa shape index (κ2) is 10.5. The van der Waals surface area contributed by atoms with E-state index in [1.54, 1.807) is 19.9 Å². The van der Waals surface area contributed by atoms with Crippen LogP contribution in [-0.4, -0.2) is 24.1 Å². The van der Waals surface area contributed by atoms with Crippen LogP contribution >= 0.6 is 0 Å². The van der Waals surface area contributed by atoms with Gasteiger partial charge in [0.25, 0.3) is 0 Å². The number of ether oxygens (including phenoxy) is 2. The van der Waals surface area contributed by atoms with Crippen LogP contribution in [0.5, 0.6) is 5.75 Å². The number of cyclic esters (lactones) is 1. The maximum absolute atomic E-state index is 14.7. The number of carbonyl (C=O) groups is 1. The molecular formula is C30H25F8NO3. The van der Waals surface area contributed by atoms with Crippen molar-refractivity contribution in [3.05, 3.63) is 88.0 Å². The molecule has 42 heavy (non-hydrogen) atoms. The second-order valence-electron chi connectivity index (χ2n) is 10.7. The lowest BCUT2D eigenvalue weighted by atomic mass is 9.90. The Morgan fingerprint density at radius 3 is 2.10 bits per heavy atom. The zero-order chi connectivity index (χ0) is 30.7. The number of carbonyl (C=O) groups excluding carboxylic acids is 1. The molecule has 3 aromatic carbocycles. The first-order valence-electron chi connectivity index (χ1n) is 13.1. The van der Waals surface area contributed by atoms with Crippen molar-refractivity contribution in [3.8, 4) is 16.9 Å². The number of alkyl halides is 6. The van der Waals surface area contributed by atoms with Gasteiger partial charge < -0.3 is 9.47 Å². The Labute approximate surface area is 235 Å². The molecule has 0 aromatic heterocycles. The molecular weight excluding hydrogens is 574 g/mol. The average molecular weight is 600 g/mol. The molecule has 3 aromatic rings. The molecule has 1 amide bonds. The van der Waals surface area contributed by atoms with E-state index in [1.165, 1.54) is 36.3 Å². The molecule has 2 heterocycles. The molecule has 3 atom stereocenters. The second-order valence-corrected chi connectivity index (χ2v) is 10.7. The molecule has 0 radical (unpaired) electrons. The first-order valence-corrected chi connectivity index (χ1v) is 13.1. The third-order valence-corrected chi connectivity index (χ3v) is 7.76. The van der Waals surface area contributed by atoms with Crippen LogP contribution in [0, 0.1) is 11.6 Å². The summed E-state index contributed by atoms with van der Waals surface area (Å²) in [6, 6.07) is 6.00. The summed E-state index contributed by atoms with van der Waals surface area (Å²) in [6.45, 7) is 3.58. The summed E-state index contributed by atoms with van der Waals surface area (Å²) in [5, 5.41) is 0. The lowest BCUT2D eigenvalue weighted by Gasteiger charge is -2.26. The normalized spacial score (nSPS) is 20.7. The van der Waals surface area contributed by atoms with Gasteiger partial charge in [-0.05, 0) is 77.4 Å². The summed E-state index contributed by atoms with van der Waals surface area (Å²) < 4.78 is 121. The molecule has 0 saturated carbocycles. The van der Waals surface area contributed by atoms with E-state index in [1.807, 2.05) is 0 Å². The van der Waals surface area contributed by atoms with Crippen LogP contribution in [0.3, 0.4) is 0 Å². The van der Waals surface area contributed by atoms with Crippen LogP contribution in [-0.2, 0) is 17.1 Å². The first kappa shape index (κ1) is 29.7. The van der Waals surface area contributed by atoms with E-state index in [-0.39, 0.29) is 30.6 Å². The fourth-order valence-electron chi connectivity index (χ4n) is 5.83. The number of hydrogen-bond donors (Lipinski definition) is 0. The highest BCUT2D eigenvalue weighted by molar-refractivity contribution is 5.77. The van der Waals surface area contributed by atoms with Crippen LogP contribution in [0.25, 0.3) is 11.1 Å². The van der Waals surface area contributed by atoms with Gasteiger partial charge >= 0.3 is 18.4 Å². The number of fused-ring (bicyclic) bond motifs is 1. The van der Waals surface area contributed by atoms with Gasteiger partial charge in [-0.1, -0.05) is 19.9 Å². The van der Waals surface area contributed by atoms with Gasteiger partial charge in [-0.15, -0.1) is 0 Å². The molecule has 0 aliphatic carbocycles. The summed E-state index contributed by atoms with van der Waals surface area (Å²) in [7, 11) is 1.34. The Morgan fingerprint density at radius 2 is 1.52 bits per heavy atom. The summed E-state index contributed by atoms with van der Waals surface area (Å²) in [4.78, 5) is 14.4. The summed E-state index contributed by atoms with van der Waals surface area (Å²) >= 11 is 0. The highest BCUT2D eigenvalue weighted by Crippen LogP contribution is 2.51. The van der Waals surface area contributed by atoms with E-state index in [9.17, 15) is 39.9 Å². The van der Waals surface area contributed by atoms with Crippen molar-refractivity contribution in [1.82, 2.24) is 4.90 Å². The summed E-state index contributed by atoms with van der Waals surface area (Å²) in [5.41, 5.74) is -1.94. The monoisotopic (exact) mass is 599 g/mol. The topological polar surface area (TPSA) is 38.8 Å². The van der Waals surface area contributed by atoms with Gasteiger partial charge in [-0.3, -0.25) is 4.90 Å². The smallest absolute Gasteiger partial charge is 0.416 e. The molecule has 2 saturated heterocycles. The minimum Gasteiger partial charge on any atom is -0.496 e. The third-order valence-electron chi connectivity index (χ3n) is 7.76. The van der Waals surface area contributed by atoms with Crippen LogP contribution in [0.4, 0.5) is 39.9 Å². The van der Waals surface area contributed by atoms with Gasteiger partial charge in [0.2, 0.25) is 0 Å². The summed E-state index contributed by atoms with van der Waals surface area (Å²) in [5.74, 6) is -1.19. The van der Waals surface area contributed by atoms with Crippen LogP contribution in [0.1, 0.15) is 72.6 Å². The number of methoxy groups -OCH3 is 1. The van der Waals surface area contributed by atoms with Gasteiger partial charge in [0.1, 0.15) is 23.5 Å². The van der Waals surface area contributed by atoms with Crippen molar-refractivity contribution in [3.63, 3.8) is 0 Å². The Kier molecular flexibility index (Phi) is 7.39.